The lowest BCUT2D eigenvalue weighted by molar-refractivity contribution is 0.161. The lowest BCUT2D eigenvalue weighted by Gasteiger charge is -2.42. The Labute approximate surface area is 204 Å². The van der Waals surface area contributed by atoms with Crippen molar-refractivity contribution >= 4 is 38.3 Å². The molecule has 6 rings (SSSR count). The monoisotopic (exact) mass is 532 g/mol. The molecule has 3 aromatic rings. The number of rotatable bonds is 3. The number of hydrogen-bond donors (Lipinski definition) is 1. The second kappa shape index (κ2) is 7.61. The van der Waals surface area contributed by atoms with Crippen LogP contribution < -0.4 is 9.62 Å². The first kappa shape index (κ1) is 21.7. The van der Waals surface area contributed by atoms with Gasteiger partial charge in [-0.25, -0.2) is 9.97 Å². The molecule has 3 aromatic heterocycles. The van der Waals surface area contributed by atoms with Gasteiger partial charge in [0.25, 0.3) is 0 Å². The molecule has 0 bridgehead atoms. The number of fused-ring (bicyclic) bond motifs is 4. The molecule has 5 heterocycles. The zero-order chi connectivity index (χ0) is 23.0. The van der Waals surface area contributed by atoms with Crippen LogP contribution in [0.15, 0.2) is 23.3 Å². The van der Waals surface area contributed by atoms with Gasteiger partial charge in [0.1, 0.15) is 38.2 Å². The van der Waals surface area contributed by atoms with E-state index in [1.54, 1.807) is 0 Å². The summed E-state index contributed by atoms with van der Waals surface area (Å²) in [4.78, 5) is 11.4. The summed E-state index contributed by atoms with van der Waals surface area (Å²) >= 11 is 3.56. The molecule has 0 radical (unpaired) electrons. The van der Waals surface area contributed by atoms with Crippen molar-refractivity contribution in [1.29, 1.82) is 0 Å². The van der Waals surface area contributed by atoms with Crippen molar-refractivity contribution in [3.63, 3.8) is 0 Å². The molecule has 1 aliphatic carbocycles. The summed E-state index contributed by atoms with van der Waals surface area (Å²) in [5.74, 6) is 0.979. The SMILES string of the molecule is CC(C)(C)[SH+](=O)N[C@@H]1c2c3c(nn2CC12CCN(c1ncc(Br)n4cncc14)CC2)CCC3. The molecule has 3 aliphatic rings. The molecule has 2 atom stereocenters. The third-order valence-corrected chi connectivity index (χ3v) is 9.97. The molecular weight excluding hydrogens is 502 g/mol. The molecule has 0 amide bonds. The van der Waals surface area contributed by atoms with E-state index in [1.165, 1.54) is 23.4 Å². The maximum absolute atomic E-state index is 13.3. The van der Waals surface area contributed by atoms with Gasteiger partial charge in [-0.2, -0.15) is 5.10 Å². The number of piperidine rings is 1. The van der Waals surface area contributed by atoms with Crippen LogP contribution in [0.5, 0.6) is 0 Å². The van der Waals surface area contributed by atoms with Crippen LogP contribution in [0, 0.1) is 5.41 Å². The molecule has 1 saturated heterocycles. The lowest BCUT2D eigenvalue weighted by Crippen LogP contribution is -2.48. The Hall–Kier alpha value is -1.78. The quantitative estimate of drug-likeness (QED) is 0.412. The van der Waals surface area contributed by atoms with Crippen LogP contribution in [0.3, 0.4) is 0 Å². The van der Waals surface area contributed by atoms with E-state index in [0.717, 1.165) is 61.3 Å². The van der Waals surface area contributed by atoms with Crippen LogP contribution in [0.2, 0.25) is 0 Å². The van der Waals surface area contributed by atoms with Gasteiger partial charge in [-0.15, -0.1) is 4.72 Å². The minimum atomic E-state index is -1.56. The Morgan fingerprint density at radius 3 is 2.76 bits per heavy atom. The summed E-state index contributed by atoms with van der Waals surface area (Å²) in [6, 6.07) is 0.0877. The molecule has 0 aromatic carbocycles. The van der Waals surface area contributed by atoms with E-state index in [0.29, 0.717) is 0 Å². The number of imidazole rings is 1. The Kier molecular flexibility index (Phi) is 5.01. The van der Waals surface area contributed by atoms with Crippen LogP contribution in [-0.4, -0.2) is 42.0 Å². The Morgan fingerprint density at radius 2 is 2.00 bits per heavy atom. The average molecular weight is 534 g/mol. The van der Waals surface area contributed by atoms with Crippen molar-refractivity contribution in [3.05, 3.63) is 40.3 Å². The first-order valence-electron chi connectivity index (χ1n) is 11.8. The van der Waals surface area contributed by atoms with Crippen molar-refractivity contribution in [2.75, 3.05) is 18.0 Å². The van der Waals surface area contributed by atoms with Crippen molar-refractivity contribution in [2.24, 2.45) is 5.41 Å². The highest BCUT2D eigenvalue weighted by Gasteiger charge is 2.53. The van der Waals surface area contributed by atoms with E-state index >= 15 is 0 Å². The second-order valence-electron chi connectivity index (χ2n) is 10.8. The predicted molar refractivity (Wildman–Crippen MR) is 134 cm³/mol. The summed E-state index contributed by atoms with van der Waals surface area (Å²) in [6.07, 6.45) is 10.9. The van der Waals surface area contributed by atoms with Gasteiger partial charge in [0, 0.05) is 25.0 Å². The maximum atomic E-state index is 13.3. The van der Waals surface area contributed by atoms with Crippen molar-refractivity contribution in [1.82, 2.24) is 28.9 Å². The van der Waals surface area contributed by atoms with Crippen molar-refractivity contribution in [3.8, 4) is 0 Å². The number of aromatic nitrogens is 5. The smallest absolute Gasteiger partial charge is 0.154 e. The van der Waals surface area contributed by atoms with Gasteiger partial charge < -0.3 is 4.90 Å². The molecule has 10 heteroatoms. The minimum Gasteiger partial charge on any atom is -0.355 e. The van der Waals surface area contributed by atoms with E-state index < -0.39 is 11.0 Å². The van der Waals surface area contributed by atoms with Crippen LogP contribution in [0.1, 0.15) is 63.0 Å². The summed E-state index contributed by atoms with van der Waals surface area (Å²) < 4.78 is 21.8. The number of nitrogens with one attached hydrogen (secondary N) is 1. The van der Waals surface area contributed by atoms with Gasteiger partial charge in [-0.05, 0) is 74.4 Å². The van der Waals surface area contributed by atoms with Crippen LogP contribution >= 0.6 is 15.9 Å². The van der Waals surface area contributed by atoms with E-state index in [4.69, 9.17) is 10.1 Å². The lowest BCUT2D eigenvalue weighted by atomic mass is 9.73. The number of nitrogens with zero attached hydrogens (tertiary/aromatic N) is 6. The molecule has 0 saturated carbocycles. The second-order valence-corrected chi connectivity index (χ2v) is 13.8. The third kappa shape index (κ3) is 3.39. The third-order valence-electron chi connectivity index (χ3n) is 7.67. The molecule has 33 heavy (non-hydrogen) atoms. The molecule has 1 unspecified atom stereocenters. The number of halogens is 1. The fourth-order valence-electron chi connectivity index (χ4n) is 5.83. The topological polar surface area (TPSA) is 80.4 Å². The highest BCUT2D eigenvalue weighted by molar-refractivity contribution is 9.10. The number of hydrogen-bond acceptors (Lipinski definition) is 5. The summed E-state index contributed by atoms with van der Waals surface area (Å²) in [6.45, 7) is 8.89. The van der Waals surface area contributed by atoms with E-state index in [-0.39, 0.29) is 16.2 Å². The van der Waals surface area contributed by atoms with Crippen molar-refractivity contribution < 1.29 is 4.21 Å². The average Bonchev–Trinajstić information content (AvgIpc) is 3.52. The molecule has 2 aliphatic heterocycles. The predicted octanol–water partition coefficient (Wildman–Crippen LogP) is 3.52. The van der Waals surface area contributed by atoms with Crippen LogP contribution in [-0.2, 0) is 34.6 Å². The first-order valence-corrected chi connectivity index (χ1v) is 13.9. The first-order chi connectivity index (χ1) is 15.8. The largest absolute Gasteiger partial charge is 0.355 e. The zero-order valence-electron chi connectivity index (χ0n) is 19.4. The van der Waals surface area contributed by atoms with E-state index in [9.17, 15) is 4.21 Å². The molecule has 1 fully saturated rings. The molecule has 8 nitrogen and oxygen atoms in total. The van der Waals surface area contributed by atoms with Crippen LogP contribution in [0.25, 0.3) is 5.52 Å². The normalized spacial score (nSPS) is 22.8. The van der Waals surface area contributed by atoms with Gasteiger partial charge in [-0.3, -0.25) is 9.08 Å². The molecule has 1 N–H and O–H groups in total. The highest BCUT2D eigenvalue weighted by Crippen LogP contribution is 2.52. The van der Waals surface area contributed by atoms with Gasteiger partial charge in [0.2, 0.25) is 0 Å². The Bertz CT molecular complexity index is 1250. The summed E-state index contributed by atoms with van der Waals surface area (Å²) in [5, 5.41) is 5.00. The number of aryl methyl sites for hydroxylation is 1. The van der Waals surface area contributed by atoms with Crippen LogP contribution in [0.4, 0.5) is 5.82 Å². The zero-order valence-corrected chi connectivity index (χ0v) is 21.9. The fraction of sp³-hybridized carbons (Fsp3) is 0.609. The molecular formula is C23H31BrN7OS+. The van der Waals surface area contributed by atoms with E-state index in [1.807, 2.05) is 23.1 Å². The Balaban J connectivity index is 1.31. The molecule has 1 spiro atoms. The van der Waals surface area contributed by atoms with E-state index in [2.05, 4.69) is 56.0 Å². The summed E-state index contributed by atoms with van der Waals surface area (Å²) in [7, 11) is -1.56. The standard InChI is InChI=1S/C23H30BrN7OS/c1-22(2,3)33(32)28-20-19-15-5-4-6-16(15)27-31(19)13-23(20)7-9-29(10-8-23)21-17-11-25-14-30(17)18(24)12-26-21/h11-12,14,20H,4-10,13H2,1-3H3,(H,28,32)/p+1/t20-,33?/m1/s1. The van der Waals surface area contributed by atoms with Gasteiger partial charge in [0.05, 0.1) is 23.8 Å². The van der Waals surface area contributed by atoms with Crippen molar-refractivity contribution in [2.45, 2.75) is 70.2 Å². The number of thiol groups is 1. The van der Waals surface area contributed by atoms with Gasteiger partial charge >= 0.3 is 0 Å². The summed E-state index contributed by atoms with van der Waals surface area (Å²) in [5.41, 5.74) is 5.03. The number of anilines is 1. The fourth-order valence-corrected chi connectivity index (χ4v) is 7.23. The molecule has 176 valence electrons. The van der Waals surface area contributed by atoms with Gasteiger partial charge in [-0.1, -0.05) is 4.21 Å². The van der Waals surface area contributed by atoms with Gasteiger partial charge in [0.15, 0.2) is 5.82 Å². The minimum absolute atomic E-state index is 0.0264. The Morgan fingerprint density at radius 1 is 1.21 bits per heavy atom. The highest BCUT2D eigenvalue weighted by atomic mass is 79.9. The maximum Gasteiger partial charge on any atom is 0.154 e.